The first-order valence-corrected chi connectivity index (χ1v) is 11.6. The first-order valence-electron chi connectivity index (χ1n) is 10.6. The van der Waals surface area contributed by atoms with E-state index in [1.807, 2.05) is 67.6 Å². The Morgan fingerprint density at radius 2 is 1.82 bits per heavy atom. The molecule has 0 N–H and O–H groups in total. The van der Waals surface area contributed by atoms with Gasteiger partial charge in [0.15, 0.2) is 5.69 Å². The minimum atomic E-state index is -0.753. The lowest BCUT2D eigenvalue weighted by atomic mass is 10.0. The van der Waals surface area contributed by atoms with Crippen LogP contribution in [0.25, 0.3) is 22.0 Å². The van der Waals surface area contributed by atoms with Crippen LogP contribution in [0.1, 0.15) is 25.6 Å². The quantitative estimate of drug-likeness (QED) is 0.386. The fourth-order valence-corrected chi connectivity index (χ4v) is 4.64. The SMILES string of the molecule is CCSc1nnc2c(n1)O[C@H](c1ccc(OC)c3ccccc13)N(C(C)=O)c1ccccc1-2. The largest absolute Gasteiger partial charge is 0.496 e. The van der Waals surface area contributed by atoms with Crippen LogP contribution >= 0.6 is 11.8 Å². The molecule has 1 aliphatic rings. The molecule has 8 heteroatoms. The highest BCUT2D eigenvalue weighted by atomic mass is 32.2. The zero-order valence-electron chi connectivity index (χ0n) is 18.5. The van der Waals surface area contributed by atoms with Crippen molar-refractivity contribution in [1.82, 2.24) is 15.2 Å². The predicted octanol–water partition coefficient (Wildman–Crippen LogP) is 5.26. The zero-order valence-corrected chi connectivity index (χ0v) is 19.3. The Kier molecular flexibility index (Phi) is 5.60. The molecule has 0 radical (unpaired) electrons. The molecule has 1 atom stereocenters. The molecule has 0 aliphatic carbocycles. The van der Waals surface area contributed by atoms with Crippen LogP contribution in [0.5, 0.6) is 11.6 Å². The van der Waals surface area contributed by atoms with Gasteiger partial charge in [-0.3, -0.25) is 9.69 Å². The van der Waals surface area contributed by atoms with Crippen LogP contribution in [0.4, 0.5) is 5.69 Å². The maximum Gasteiger partial charge on any atom is 0.247 e. The van der Waals surface area contributed by atoms with Crippen molar-refractivity contribution in [2.75, 3.05) is 17.8 Å². The van der Waals surface area contributed by atoms with Gasteiger partial charge in [-0.15, -0.1) is 10.2 Å². The molecule has 1 aliphatic heterocycles. The number of fused-ring (bicyclic) bond motifs is 4. The van der Waals surface area contributed by atoms with Gasteiger partial charge in [0.25, 0.3) is 0 Å². The maximum absolute atomic E-state index is 13.0. The van der Waals surface area contributed by atoms with Crippen LogP contribution < -0.4 is 14.4 Å². The Morgan fingerprint density at radius 3 is 2.58 bits per heavy atom. The van der Waals surface area contributed by atoms with E-state index in [2.05, 4.69) is 15.2 Å². The summed E-state index contributed by atoms with van der Waals surface area (Å²) in [4.78, 5) is 19.3. The smallest absolute Gasteiger partial charge is 0.247 e. The summed E-state index contributed by atoms with van der Waals surface area (Å²) in [5.41, 5.74) is 2.78. The van der Waals surface area contributed by atoms with Crippen molar-refractivity contribution in [1.29, 1.82) is 0 Å². The van der Waals surface area contributed by atoms with E-state index in [4.69, 9.17) is 9.47 Å². The molecule has 1 aromatic heterocycles. The summed E-state index contributed by atoms with van der Waals surface area (Å²) >= 11 is 1.49. The van der Waals surface area contributed by atoms with Crippen LogP contribution in [0.2, 0.25) is 0 Å². The van der Waals surface area contributed by atoms with Gasteiger partial charge in [0, 0.05) is 23.4 Å². The van der Waals surface area contributed by atoms with Crippen molar-refractivity contribution in [3.63, 3.8) is 0 Å². The van der Waals surface area contributed by atoms with E-state index in [9.17, 15) is 4.79 Å². The fraction of sp³-hybridized carbons (Fsp3) is 0.200. The Balaban J connectivity index is 1.78. The van der Waals surface area contributed by atoms with Gasteiger partial charge in [0.1, 0.15) is 5.75 Å². The number of hydrogen-bond acceptors (Lipinski definition) is 7. The molecule has 0 fully saturated rings. The van der Waals surface area contributed by atoms with E-state index < -0.39 is 6.23 Å². The number of nitrogens with zero attached hydrogens (tertiary/aromatic N) is 4. The fourth-order valence-electron chi connectivity index (χ4n) is 4.13. The highest BCUT2D eigenvalue weighted by molar-refractivity contribution is 7.99. The predicted molar refractivity (Wildman–Crippen MR) is 129 cm³/mol. The molecule has 1 amide bonds. The summed E-state index contributed by atoms with van der Waals surface area (Å²) < 4.78 is 12.1. The molecule has 3 aromatic carbocycles. The van der Waals surface area contributed by atoms with Crippen LogP contribution in [-0.2, 0) is 4.79 Å². The van der Waals surface area contributed by atoms with Crippen LogP contribution in [0, 0.1) is 0 Å². The number of rotatable bonds is 4. The minimum Gasteiger partial charge on any atom is -0.496 e. The molecule has 5 rings (SSSR count). The average molecular weight is 459 g/mol. The summed E-state index contributed by atoms with van der Waals surface area (Å²) in [5, 5.41) is 11.1. The second-order valence-corrected chi connectivity index (χ2v) is 8.69. The number of para-hydroxylation sites is 1. The number of thioether (sulfide) groups is 1. The lowest BCUT2D eigenvalue weighted by Gasteiger charge is -2.30. The van der Waals surface area contributed by atoms with Crippen molar-refractivity contribution in [2.24, 2.45) is 0 Å². The molecular formula is C25H22N4O3S. The molecule has 2 heterocycles. The average Bonchev–Trinajstić information content (AvgIpc) is 2.98. The normalized spacial score (nSPS) is 14.8. The zero-order chi connectivity index (χ0) is 22.9. The summed E-state index contributed by atoms with van der Waals surface area (Å²) in [5.74, 6) is 1.76. The Hall–Kier alpha value is -3.65. The second-order valence-electron chi connectivity index (χ2n) is 7.46. The van der Waals surface area contributed by atoms with E-state index in [-0.39, 0.29) is 5.91 Å². The Bertz CT molecular complexity index is 1360. The molecule has 166 valence electrons. The summed E-state index contributed by atoms with van der Waals surface area (Å²) in [7, 11) is 1.65. The molecule has 4 aromatic rings. The summed E-state index contributed by atoms with van der Waals surface area (Å²) in [6, 6.07) is 19.3. The van der Waals surface area contributed by atoms with Crippen molar-refractivity contribution in [2.45, 2.75) is 25.2 Å². The van der Waals surface area contributed by atoms with E-state index in [0.29, 0.717) is 22.4 Å². The van der Waals surface area contributed by atoms with Crippen molar-refractivity contribution in [3.8, 4) is 22.9 Å². The number of benzene rings is 3. The van der Waals surface area contributed by atoms with Crippen molar-refractivity contribution in [3.05, 3.63) is 66.2 Å². The second kappa shape index (κ2) is 8.71. The number of carbonyl (C=O) groups excluding carboxylic acids is 1. The molecule has 0 saturated carbocycles. The van der Waals surface area contributed by atoms with Gasteiger partial charge in [-0.05, 0) is 29.3 Å². The van der Waals surface area contributed by atoms with Gasteiger partial charge in [0.05, 0.1) is 12.8 Å². The van der Waals surface area contributed by atoms with Crippen LogP contribution in [0.3, 0.4) is 0 Å². The van der Waals surface area contributed by atoms with E-state index in [0.717, 1.165) is 33.4 Å². The maximum atomic E-state index is 13.0. The molecule has 0 bridgehead atoms. The number of aromatic nitrogens is 3. The standard InChI is InChI=1S/C25H22N4O3S/c1-4-33-25-26-23-22(27-28-25)19-11-7-8-12-20(19)29(15(2)30)24(32-23)18-13-14-21(31-3)17-10-6-5-9-16(17)18/h5-14,24H,4H2,1-3H3/t24-/m1/s1. The highest BCUT2D eigenvalue weighted by Crippen LogP contribution is 2.45. The molecule has 7 nitrogen and oxygen atoms in total. The minimum absolute atomic E-state index is 0.156. The third kappa shape index (κ3) is 3.66. The lowest BCUT2D eigenvalue weighted by Crippen LogP contribution is -2.36. The first-order chi connectivity index (χ1) is 16.1. The van der Waals surface area contributed by atoms with E-state index in [1.54, 1.807) is 12.0 Å². The Labute approximate surface area is 195 Å². The van der Waals surface area contributed by atoms with Gasteiger partial charge in [0.2, 0.25) is 23.2 Å². The number of methoxy groups -OCH3 is 1. The lowest BCUT2D eigenvalue weighted by molar-refractivity contribution is -0.118. The van der Waals surface area contributed by atoms with Crippen LogP contribution in [0.15, 0.2) is 65.8 Å². The number of anilines is 1. The number of amides is 1. The molecule has 0 unspecified atom stereocenters. The third-order valence-corrected chi connectivity index (χ3v) is 6.25. The number of hydrogen-bond donors (Lipinski definition) is 0. The van der Waals surface area contributed by atoms with Crippen molar-refractivity contribution < 1.29 is 14.3 Å². The summed E-state index contributed by atoms with van der Waals surface area (Å²) in [6.07, 6.45) is -0.753. The van der Waals surface area contributed by atoms with Gasteiger partial charge < -0.3 is 9.47 Å². The van der Waals surface area contributed by atoms with Gasteiger partial charge in [-0.1, -0.05) is 61.2 Å². The van der Waals surface area contributed by atoms with Gasteiger partial charge >= 0.3 is 0 Å². The Morgan fingerprint density at radius 1 is 1.06 bits per heavy atom. The molecule has 0 spiro atoms. The summed E-state index contributed by atoms with van der Waals surface area (Å²) in [6.45, 7) is 3.56. The monoisotopic (exact) mass is 458 g/mol. The van der Waals surface area contributed by atoms with Crippen molar-refractivity contribution >= 4 is 34.1 Å². The topological polar surface area (TPSA) is 77.4 Å². The van der Waals surface area contributed by atoms with Gasteiger partial charge in [-0.25, -0.2) is 0 Å². The highest BCUT2D eigenvalue weighted by Gasteiger charge is 2.35. The van der Waals surface area contributed by atoms with E-state index >= 15 is 0 Å². The molecular weight excluding hydrogens is 436 g/mol. The van der Waals surface area contributed by atoms with Gasteiger partial charge in [-0.2, -0.15) is 4.98 Å². The van der Waals surface area contributed by atoms with Crippen LogP contribution in [-0.4, -0.2) is 34.0 Å². The molecule has 33 heavy (non-hydrogen) atoms. The first kappa shape index (κ1) is 21.2. The third-order valence-electron chi connectivity index (χ3n) is 5.53. The number of ether oxygens (including phenoxy) is 2. The molecule has 0 saturated heterocycles. The number of carbonyl (C=O) groups is 1. The van der Waals surface area contributed by atoms with E-state index in [1.165, 1.54) is 18.7 Å².